The third kappa shape index (κ3) is 4.20. The highest BCUT2D eigenvalue weighted by atomic mass is 16.4. The lowest BCUT2D eigenvalue weighted by atomic mass is 9.93. The van der Waals surface area contributed by atoms with E-state index in [1.807, 2.05) is 0 Å². The highest BCUT2D eigenvalue weighted by Gasteiger charge is 2.26. The molecule has 0 bridgehead atoms. The third-order valence-electron chi connectivity index (χ3n) is 2.83. The summed E-state index contributed by atoms with van der Waals surface area (Å²) in [6.07, 6.45) is 2.56. The molecule has 2 amide bonds. The summed E-state index contributed by atoms with van der Waals surface area (Å²) >= 11 is 0. The third-order valence-corrected chi connectivity index (χ3v) is 2.83. The van der Waals surface area contributed by atoms with E-state index in [1.165, 1.54) is 0 Å². The Morgan fingerprint density at radius 1 is 1.29 bits per heavy atom. The van der Waals surface area contributed by atoms with Crippen LogP contribution < -0.4 is 10.6 Å². The average Bonchev–Trinajstić information content (AvgIpc) is 2.28. The molecule has 5 N–H and O–H groups in total. The maximum Gasteiger partial charge on any atom is 0.328 e. The number of amides is 2. The summed E-state index contributed by atoms with van der Waals surface area (Å²) in [6, 6.07) is -2.36. The summed E-state index contributed by atoms with van der Waals surface area (Å²) in [5, 5.41) is 31.6. The largest absolute Gasteiger partial charge is 0.480 e. The zero-order chi connectivity index (χ0) is 12.8. The summed E-state index contributed by atoms with van der Waals surface area (Å²) in [4.78, 5) is 22.0. The Kier molecular flexibility index (Phi) is 5.17. The van der Waals surface area contributed by atoms with Gasteiger partial charge < -0.3 is 26.0 Å². The van der Waals surface area contributed by atoms with Gasteiger partial charge in [0.2, 0.25) is 0 Å². The second-order valence-corrected chi connectivity index (χ2v) is 4.15. The molecule has 0 aromatic heterocycles. The minimum absolute atomic E-state index is 0.350. The Morgan fingerprint density at radius 2 is 1.94 bits per heavy atom. The highest BCUT2D eigenvalue weighted by molar-refractivity contribution is 5.82. The molecular weight excluding hydrogens is 228 g/mol. The van der Waals surface area contributed by atoms with E-state index in [0.717, 1.165) is 12.8 Å². The van der Waals surface area contributed by atoms with Crippen LogP contribution in [0.3, 0.4) is 0 Å². The standard InChI is InChI=1S/C10H18N2O5/c13-5-7(9(15)16)12-10(17)11-6-3-1-2-4-8(6)14/h6-8,13-14H,1-5H2,(H,15,16)(H2,11,12,17)/t6?,7-,8?/m1/s1. The van der Waals surface area contributed by atoms with E-state index in [-0.39, 0.29) is 6.04 Å². The van der Waals surface area contributed by atoms with Gasteiger partial charge in [-0.15, -0.1) is 0 Å². The van der Waals surface area contributed by atoms with Gasteiger partial charge in [-0.2, -0.15) is 0 Å². The van der Waals surface area contributed by atoms with Crippen molar-refractivity contribution in [2.75, 3.05) is 6.61 Å². The number of aliphatic hydroxyl groups is 2. The number of aliphatic carboxylic acids is 1. The minimum atomic E-state index is -1.32. The van der Waals surface area contributed by atoms with Gasteiger partial charge in [-0.05, 0) is 12.8 Å². The summed E-state index contributed by atoms with van der Waals surface area (Å²) in [6.45, 7) is -0.671. The first-order valence-electron chi connectivity index (χ1n) is 5.63. The lowest BCUT2D eigenvalue weighted by Crippen LogP contribution is -2.53. The molecule has 0 saturated heterocycles. The molecule has 0 aliphatic heterocycles. The van der Waals surface area contributed by atoms with Crippen LogP contribution in [0.15, 0.2) is 0 Å². The first-order chi connectivity index (χ1) is 8.04. The SMILES string of the molecule is O=C(NC1CCCCC1O)N[C@H](CO)C(=O)O. The van der Waals surface area contributed by atoms with Gasteiger partial charge in [-0.3, -0.25) is 0 Å². The van der Waals surface area contributed by atoms with Crippen LogP contribution in [0.5, 0.6) is 0 Å². The summed E-state index contributed by atoms with van der Waals surface area (Å²) in [5.41, 5.74) is 0. The van der Waals surface area contributed by atoms with Crippen molar-refractivity contribution in [1.29, 1.82) is 0 Å². The second-order valence-electron chi connectivity index (χ2n) is 4.15. The van der Waals surface area contributed by atoms with E-state index in [9.17, 15) is 14.7 Å². The van der Waals surface area contributed by atoms with E-state index < -0.39 is 30.8 Å². The Labute approximate surface area is 98.8 Å². The lowest BCUT2D eigenvalue weighted by molar-refractivity contribution is -0.140. The quantitative estimate of drug-likeness (QED) is 0.437. The Hall–Kier alpha value is -1.34. The predicted octanol–water partition coefficient (Wildman–Crippen LogP) is -0.965. The Bertz CT molecular complexity index is 284. The van der Waals surface area contributed by atoms with Crippen molar-refractivity contribution < 1.29 is 24.9 Å². The number of carboxylic acids is 1. The van der Waals surface area contributed by atoms with E-state index >= 15 is 0 Å². The number of aliphatic hydroxyl groups excluding tert-OH is 2. The first-order valence-corrected chi connectivity index (χ1v) is 5.63. The second kappa shape index (κ2) is 6.41. The molecule has 0 aromatic rings. The molecule has 0 radical (unpaired) electrons. The number of hydrogen-bond donors (Lipinski definition) is 5. The van der Waals surface area contributed by atoms with Crippen LogP contribution in [-0.2, 0) is 4.79 Å². The lowest BCUT2D eigenvalue weighted by Gasteiger charge is -2.28. The average molecular weight is 246 g/mol. The number of urea groups is 1. The Balaban J connectivity index is 2.40. The van der Waals surface area contributed by atoms with Crippen LogP contribution in [0.1, 0.15) is 25.7 Å². The Morgan fingerprint density at radius 3 is 2.47 bits per heavy atom. The molecule has 1 rings (SSSR count). The fourth-order valence-corrected chi connectivity index (χ4v) is 1.83. The summed E-state index contributed by atoms with van der Waals surface area (Å²) in [5.74, 6) is -1.30. The molecule has 0 heterocycles. The molecule has 2 unspecified atom stereocenters. The van der Waals surface area contributed by atoms with Gasteiger partial charge in [0.25, 0.3) is 0 Å². The van der Waals surface area contributed by atoms with Gasteiger partial charge >= 0.3 is 12.0 Å². The van der Waals surface area contributed by atoms with Crippen molar-refractivity contribution >= 4 is 12.0 Å². The number of carbonyl (C=O) groups excluding carboxylic acids is 1. The van der Waals surface area contributed by atoms with E-state index in [0.29, 0.717) is 12.8 Å². The maximum atomic E-state index is 11.4. The molecule has 7 nitrogen and oxygen atoms in total. The van der Waals surface area contributed by atoms with Gasteiger partial charge in [-0.1, -0.05) is 12.8 Å². The smallest absolute Gasteiger partial charge is 0.328 e. The normalized spacial score (nSPS) is 26.0. The zero-order valence-electron chi connectivity index (χ0n) is 9.43. The summed E-state index contributed by atoms with van der Waals surface area (Å²) in [7, 11) is 0. The minimum Gasteiger partial charge on any atom is -0.480 e. The van der Waals surface area contributed by atoms with Crippen LogP contribution >= 0.6 is 0 Å². The number of carbonyl (C=O) groups is 2. The van der Waals surface area contributed by atoms with E-state index in [2.05, 4.69) is 10.6 Å². The molecule has 0 aromatic carbocycles. The zero-order valence-corrected chi connectivity index (χ0v) is 9.43. The van der Waals surface area contributed by atoms with Gasteiger partial charge in [0.05, 0.1) is 18.8 Å². The molecule has 1 fully saturated rings. The first kappa shape index (κ1) is 13.7. The monoisotopic (exact) mass is 246 g/mol. The molecule has 17 heavy (non-hydrogen) atoms. The van der Waals surface area contributed by atoms with Gasteiger partial charge in [0.15, 0.2) is 6.04 Å². The predicted molar refractivity (Wildman–Crippen MR) is 58.4 cm³/mol. The van der Waals surface area contributed by atoms with Gasteiger partial charge in [0, 0.05) is 0 Å². The fourth-order valence-electron chi connectivity index (χ4n) is 1.83. The van der Waals surface area contributed by atoms with Crippen molar-refractivity contribution in [2.45, 2.75) is 43.9 Å². The van der Waals surface area contributed by atoms with Crippen molar-refractivity contribution in [3.8, 4) is 0 Å². The topological polar surface area (TPSA) is 119 Å². The van der Waals surface area contributed by atoms with Crippen LogP contribution in [0.25, 0.3) is 0 Å². The number of rotatable bonds is 4. The molecule has 0 spiro atoms. The van der Waals surface area contributed by atoms with Gasteiger partial charge in [0.1, 0.15) is 0 Å². The molecular formula is C10H18N2O5. The molecule has 98 valence electrons. The van der Waals surface area contributed by atoms with Gasteiger partial charge in [-0.25, -0.2) is 9.59 Å². The summed E-state index contributed by atoms with van der Waals surface area (Å²) < 4.78 is 0. The van der Waals surface area contributed by atoms with E-state index in [1.54, 1.807) is 0 Å². The molecule has 1 aliphatic rings. The van der Waals surface area contributed by atoms with Crippen LogP contribution in [0, 0.1) is 0 Å². The van der Waals surface area contributed by atoms with Crippen LogP contribution in [0.4, 0.5) is 4.79 Å². The molecule has 1 aliphatic carbocycles. The number of carboxylic acid groups (broad SMARTS) is 1. The molecule has 1 saturated carbocycles. The van der Waals surface area contributed by atoms with E-state index in [4.69, 9.17) is 10.2 Å². The molecule has 7 heteroatoms. The molecule has 3 atom stereocenters. The van der Waals surface area contributed by atoms with Crippen LogP contribution in [0.2, 0.25) is 0 Å². The fraction of sp³-hybridized carbons (Fsp3) is 0.800. The number of hydrogen-bond acceptors (Lipinski definition) is 4. The highest BCUT2D eigenvalue weighted by Crippen LogP contribution is 2.18. The number of nitrogens with one attached hydrogen (secondary N) is 2. The maximum absolute atomic E-state index is 11.4. The van der Waals surface area contributed by atoms with Crippen molar-refractivity contribution in [3.63, 3.8) is 0 Å². The van der Waals surface area contributed by atoms with Crippen molar-refractivity contribution in [1.82, 2.24) is 10.6 Å². The van der Waals surface area contributed by atoms with Crippen molar-refractivity contribution in [3.05, 3.63) is 0 Å². The van der Waals surface area contributed by atoms with Crippen molar-refractivity contribution in [2.24, 2.45) is 0 Å². The van der Waals surface area contributed by atoms with Crippen LogP contribution in [-0.4, -0.2) is 52.1 Å².